The third kappa shape index (κ3) is 7.08. The number of ether oxygens (including phenoxy) is 2. The topological polar surface area (TPSA) is 78.6 Å². The van der Waals surface area contributed by atoms with E-state index in [1.807, 2.05) is 59.4 Å². The minimum absolute atomic E-state index is 0. The van der Waals surface area contributed by atoms with Crippen molar-refractivity contribution in [2.24, 2.45) is 0 Å². The molecule has 0 aliphatic carbocycles. The molecule has 4 aromatic carbocycles. The molecule has 0 unspecified atom stereocenters. The van der Waals surface area contributed by atoms with Crippen LogP contribution in [0, 0.1) is 10.1 Å². The van der Waals surface area contributed by atoms with Gasteiger partial charge in [0.05, 0.1) is 20.3 Å². The molecule has 0 N–H and O–H groups in total. The number of halogens is 1. The van der Waals surface area contributed by atoms with E-state index in [2.05, 4.69) is 72.8 Å². The monoisotopic (exact) mass is 674 g/mol. The molecule has 0 spiro atoms. The summed E-state index contributed by atoms with van der Waals surface area (Å²) in [7, 11) is 3.34. The molecule has 0 amide bonds. The number of hydrogen-bond donors (Lipinski definition) is 0. The summed E-state index contributed by atoms with van der Waals surface area (Å²) in [6, 6.07) is 42.4. The standard InChI is InChI=1S/C38H31N2O5.BrH/c1-43-33-16-12-31(13-17-33)38(32-14-18-34(44-2)19-15-32)37(29-6-4-3-5-7-29)30-10-8-27(9-11-30)28-22-24-39(25-23-28)26-35-20-21-36(45-35)40(41)42;/h3-25H,26H2,1-2H3;1H/q+1;/p-1. The largest absolute Gasteiger partial charge is 1.00 e. The number of nitro groups is 1. The SMILES string of the molecule is COc1ccc(C(=C(c2ccccc2)c2ccc(-c3cc[n+](Cc4ccc([N+](=O)[O-])o4)cc3)cc2)c2ccc(OC)cc2)cc1.[Br-]. The zero-order chi connectivity index (χ0) is 31.2. The zero-order valence-electron chi connectivity index (χ0n) is 25.3. The average molecular weight is 676 g/mol. The molecular weight excluding hydrogens is 644 g/mol. The zero-order valence-corrected chi connectivity index (χ0v) is 26.9. The van der Waals surface area contributed by atoms with Crippen molar-refractivity contribution in [2.75, 3.05) is 14.2 Å². The van der Waals surface area contributed by atoms with Gasteiger partial charge >= 0.3 is 5.88 Å². The number of nitrogens with zero attached hydrogens (tertiary/aromatic N) is 2. The van der Waals surface area contributed by atoms with Crippen LogP contribution in [0.25, 0.3) is 22.3 Å². The molecule has 6 rings (SSSR count). The summed E-state index contributed by atoms with van der Waals surface area (Å²) in [5.74, 6) is 1.86. The van der Waals surface area contributed by atoms with Crippen LogP contribution in [0.1, 0.15) is 28.0 Å². The van der Waals surface area contributed by atoms with Gasteiger partial charge in [-0.3, -0.25) is 10.1 Å². The molecule has 0 saturated heterocycles. The Morgan fingerprint density at radius 1 is 0.630 bits per heavy atom. The Morgan fingerprint density at radius 3 is 1.54 bits per heavy atom. The fourth-order valence-corrected chi connectivity index (χ4v) is 5.35. The van der Waals surface area contributed by atoms with Crippen LogP contribution in [0.5, 0.6) is 11.5 Å². The molecule has 0 fully saturated rings. The van der Waals surface area contributed by atoms with E-state index in [1.54, 1.807) is 20.3 Å². The summed E-state index contributed by atoms with van der Waals surface area (Å²) in [5, 5.41) is 10.9. The number of pyridine rings is 1. The first-order valence-corrected chi connectivity index (χ1v) is 14.4. The Hall–Kier alpha value is -5.47. The first-order chi connectivity index (χ1) is 22.0. The van der Waals surface area contributed by atoms with Crippen molar-refractivity contribution in [2.45, 2.75) is 6.54 Å². The number of hydrogen-bond acceptors (Lipinski definition) is 5. The first kappa shape index (κ1) is 31.9. The van der Waals surface area contributed by atoms with E-state index >= 15 is 0 Å². The quantitative estimate of drug-likeness (QED) is 0.0862. The van der Waals surface area contributed by atoms with Crippen molar-refractivity contribution in [1.82, 2.24) is 0 Å². The van der Waals surface area contributed by atoms with Crippen LogP contribution in [0.2, 0.25) is 0 Å². The second-order valence-corrected chi connectivity index (χ2v) is 10.4. The normalized spacial score (nSPS) is 10.5. The Kier molecular flexibility index (Phi) is 10.1. The lowest BCUT2D eigenvalue weighted by Crippen LogP contribution is -3.00. The molecule has 0 aliphatic heterocycles. The van der Waals surface area contributed by atoms with Gasteiger partial charge in [-0.15, -0.1) is 0 Å². The highest BCUT2D eigenvalue weighted by atomic mass is 79.9. The Bertz CT molecular complexity index is 1880. The van der Waals surface area contributed by atoms with E-state index in [-0.39, 0.29) is 22.9 Å². The van der Waals surface area contributed by atoms with E-state index in [1.165, 1.54) is 6.07 Å². The van der Waals surface area contributed by atoms with E-state index in [9.17, 15) is 10.1 Å². The molecule has 0 saturated carbocycles. The predicted octanol–water partition coefficient (Wildman–Crippen LogP) is 5.22. The number of methoxy groups -OCH3 is 2. The van der Waals surface area contributed by atoms with Crippen LogP contribution in [-0.2, 0) is 6.54 Å². The number of furan rings is 1. The van der Waals surface area contributed by atoms with Gasteiger partial charge in [0.25, 0.3) is 0 Å². The lowest BCUT2D eigenvalue weighted by molar-refractivity contribution is -0.690. The first-order valence-electron chi connectivity index (χ1n) is 14.4. The smallest absolute Gasteiger partial charge is 0.433 e. The predicted molar refractivity (Wildman–Crippen MR) is 174 cm³/mol. The molecule has 2 aromatic heterocycles. The molecule has 2 heterocycles. The van der Waals surface area contributed by atoms with E-state index in [4.69, 9.17) is 13.9 Å². The second-order valence-electron chi connectivity index (χ2n) is 10.4. The summed E-state index contributed by atoms with van der Waals surface area (Å²) in [4.78, 5) is 10.4. The number of benzene rings is 4. The highest BCUT2D eigenvalue weighted by molar-refractivity contribution is 6.04. The highest BCUT2D eigenvalue weighted by Crippen LogP contribution is 2.38. The van der Waals surface area contributed by atoms with Gasteiger partial charge in [0.1, 0.15) is 16.4 Å². The summed E-state index contributed by atoms with van der Waals surface area (Å²) in [5.41, 5.74) is 8.65. The van der Waals surface area contributed by atoms with Gasteiger partial charge in [-0.1, -0.05) is 78.9 Å². The van der Waals surface area contributed by atoms with Crippen molar-refractivity contribution >= 4 is 17.0 Å². The molecule has 8 heteroatoms. The fraction of sp³-hybridized carbons (Fsp3) is 0.0789. The van der Waals surface area contributed by atoms with Crippen LogP contribution in [-0.4, -0.2) is 19.1 Å². The molecular formula is C38H31BrN2O5. The van der Waals surface area contributed by atoms with Gasteiger partial charge in [-0.05, 0) is 74.9 Å². The average Bonchev–Trinajstić information content (AvgIpc) is 3.57. The fourth-order valence-electron chi connectivity index (χ4n) is 5.35. The molecule has 0 radical (unpaired) electrons. The van der Waals surface area contributed by atoms with Crippen LogP contribution < -0.4 is 31.0 Å². The third-order valence-corrected chi connectivity index (χ3v) is 7.63. The van der Waals surface area contributed by atoms with Gasteiger partial charge in [0.15, 0.2) is 18.2 Å². The van der Waals surface area contributed by atoms with Crippen molar-refractivity contribution in [3.05, 3.63) is 178 Å². The van der Waals surface area contributed by atoms with Crippen LogP contribution in [0.4, 0.5) is 5.88 Å². The summed E-state index contributed by atoms with van der Waals surface area (Å²) >= 11 is 0. The van der Waals surface area contributed by atoms with Gasteiger partial charge in [0, 0.05) is 12.1 Å². The molecule has 0 atom stereocenters. The van der Waals surface area contributed by atoms with Gasteiger partial charge in [0.2, 0.25) is 6.54 Å². The lowest BCUT2D eigenvalue weighted by atomic mass is 9.85. The van der Waals surface area contributed by atoms with Crippen molar-refractivity contribution in [3.8, 4) is 22.6 Å². The Balaban J connectivity index is 0.00000417. The molecule has 0 bridgehead atoms. The maximum absolute atomic E-state index is 10.9. The molecule has 6 aromatic rings. The van der Waals surface area contributed by atoms with Gasteiger partial charge < -0.3 is 30.9 Å². The minimum atomic E-state index is -0.531. The molecule has 230 valence electrons. The summed E-state index contributed by atoms with van der Waals surface area (Å²) in [6.45, 7) is 0.401. The summed E-state index contributed by atoms with van der Waals surface area (Å²) in [6.07, 6.45) is 3.89. The summed E-state index contributed by atoms with van der Waals surface area (Å²) < 4.78 is 18.1. The van der Waals surface area contributed by atoms with Crippen molar-refractivity contribution < 1.29 is 40.4 Å². The van der Waals surface area contributed by atoms with Crippen LogP contribution in [0.3, 0.4) is 0 Å². The molecule has 7 nitrogen and oxygen atoms in total. The highest BCUT2D eigenvalue weighted by Gasteiger charge is 2.18. The van der Waals surface area contributed by atoms with Crippen LogP contribution in [0.15, 0.2) is 144 Å². The maximum atomic E-state index is 10.9. The van der Waals surface area contributed by atoms with E-state index in [0.29, 0.717) is 12.3 Å². The maximum Gasteiger partial charge on any atom is 0.433 e. The van der Waals surface area contributed by atoms with Gasteiger partial charge in [-0.25, -0.2) is 0 Å². The van der Waals surface area contributed by atoms with E-state index in [0.717, 1.165) is 56.0 Å². The second kappa shape index (κ2) is 14.5. The molecule has 46 heavy (non-hydrogen) atoms. The number of aromatic nitrogens is 1. The van der Waals surface area contributed by atoms with Crippen molar-refractivity contribution in [3.63, 3.8) is 0 Å². The molecule has 0 aliphatic rings. The Morgan fingerprint density at radius 2 is 1.09 bits per heavy atom. The minimum Gasteiger partial charge on any atom is -1.00 e. The lowest BCUT2D eigenvalue weighted by Gasteiger charge is -2.19. The van der Waals surface area contributed by atoms with Crippen molar-refractivity contribution in [1.29, 1.82) is 0 Å². The van der Waals surface area contributed by atoms with E-state index < -0.39 is 4.92 Å². The number of rotatable bonds is 10. The Labute approximate surface area is 277 Å². The van der Waals surface area contributed by atoms with Crippen LogP contribution >= 0.6 is 0 Å². The van der Waals surface area contributed by atoms with Gasteiger partial charge in [-0.2, -0.15) is 4.57 Å². The third-order valence-electron chi connectivity index (χ3n) is 7.63.